The van der Waals surface area contributed by atoms with Crippen LogP contribution in [0.2, 0.25) is 0 Å². The van der Waals surface area contributed by atoms with Crippen LogP contribution in [0.3, 0.4) is 0 Å². The number of aromatic amines is 1. The van der Waals surface area contributed by atoms with E-state index in [1.807, 2.05) is 31.2 Å². The molecule has 108 valence electrons. The summed E-state index contributed by atoms with van der Waals surface area (Å²) in [7, 11) is 0. The van der Waals surface area contributed by atoms with E-state index >= 15 is 0 Å². The first-order valence-electron chi connectivity index (χ1n) is 6.73. The van der Waals surface area contributed by atoms with Crippen molar-refractivity contribution < 1.29 is 0 Å². The first-order chi connectivity index (χ1) is 10.3. The summed E-state index contributed by atoms with van der Waals surface area (Å²) in [4.78, 5) is 8.64. The third-order valence-corrected chi connectivity index (χ3v) is 2.74. The zero-order valence-corrected chi connectivity index (χ0v) is 11.9. The number of nitrogens with zero attached hydrogens (tertiary/aromatic N) is 3. The van der Waals surface area contributed by atoms with Crippen LogP contribution in [0.25, 0.3) is 11.4 Å². The van der Waals surface area contributed by atoms with Gasteiger partial charge in [0.05, 0.1) is 13.1 Å². The van der Waals surface area contributed by atoms with Crippen molar-refractivity contribution in [2.24, 2.45) is 4.99 Å². The Kier molecular flexibility index (Phi) is 5.35. The molecular weight excluding hydrogens is 264 g/mol. The summed E-state index contributed by atoms with van der Waals surface area (Å²) < 4.78 is 0. The standard InChI is InChI=1S/C15H18N6/c1-3-8-17-15(16-4-2)18-10-12-6-5-7-13(9-12)14-19-11-20-21-14/h1,5-7,9,11H,4,8,10H2,2H3,(H2,16,17,18)(H,19,20,21). The van der Waals surface area contributed by atoms with Crippen LogP contribution in [0, 0.1) is 12.3 Å². The number of benzene rings is 1. The Labute approximate surface area is 124 Å². The number of rotatable bonds is 5. The zero-order valence-electron chi connectivity index (χ0n) is 11.9. The van der Waals surface area contributed by atoms with Crippen LogP contribution in [0.5, 0.6) is 0 Å². The maximum atomic E-state index is 5.24. The number of H-pyrrole nitrogens is 1. The molecule has 0 amide bonds. The van der Waals surface area contributed by atoms with Crippen LogP contribution < -0.4 is 10.6 Å². The molecule has 0 aliphatic heterocycles. The minimum Gasteiger partial charge on any atom is -0.357 e. The number of hydrogen-bond donors (Lipinski definition) is 3. The molecule has 0 aliphatic rings. The lowest BCUT2D eigenvalue weighted by atomic mass is 10.1. The third-order valence-electron chi connectivity index (χ3n) is 2.74. The van der Waals surface area contributed by atoms with Gasteiger partial charge >= 0.3 is 0 Å². The van der Waals surface area contributed by atoms with E-state index in [1.165, 1.54) is 6.33 Å². The molecule has 2 aromatic rings. The Morgan fingerprint density at radius 3 is 3.05 bits per heavy atom. The van der Waals surface area contributed by atoms with Gasteiger partial charge in [-0.1, -0.05) is 24.1 Å². The molecule has 0 spiro atoms. The lowest BCUT2D eigenvalue weighted by molar-refractivity contribution is 0.865. The van der Waals surface area contributed by atoms with Crippen LogP contribution in [-0.2, 0) is 6.54 Å². The largest absolute Gasteiger partial charge is 0.357 e. The fraction of sp³-hybridized carbons (Fsp3) is 0.267. The quantitative estimate of drug-likeness (QED) is 0.437. The Morgan fingerprint density at radius 2 is 2.33 bits per heavy atom. The molecule has 1 aromatic heterocycles. The van der Waals surface area contributed by atoms with Gasteiger partial charge in [-0.05, 0) is 18.6 Å². The Hall–Kier alpha value is -2.81. The first-order valence-corrected chi connectivity index (χ1v) is 6.73. The van der Waals surface area contributed by atoms with Gasteiger partial charge in [-0.2, -0.15) is 5.10 Å². The van der Waals surface area contributed by atoms with Gasteiger partial charge in [0.2, 0.25) is 0 Å². The average Bonchev–Trinajstić information content (AvgIpc) is 3.05. The number of nitrogens with one attached hydrogen (secondary N) is 3. The fourth-order valence-corrected chi connectivity index (χ4v) is 1.81. The van der Waals surface area contributed by atoms with E-state index in [0.717, 1.165) is 23.5 Å². The summed E-state index contributed by atoms with van der Waals surface area (Å²) in [6.45, 7) is 3.80. The molecule has 3 N–H and O–H groups in total. The molecule has 0 atom stereocenters. The van der Waals surface area contributed by atoms with Crippen molar-refractivity contribution >= 4 is 5.96 Å². The summed E-state index contributed by atoms with van der Waals surface area (Å²) in [5.74, 6) is 3.99. The average molecular weight is 282 g/mol. The maximum Gasteiger partial charge on any atom is 0.192 e. The Morgan fingerprint density at radius 1 is 1.43 bits per heavy atom. The monoisotopic (exact) mass is 282 g/mol. The fourth-order valence-electron chi connectivity index (χ4n) is 1.81. The number of aliphatic imine (C=N–C) groups is 1. The van der Waals surface area contributed by atoms with Gasteiger partial charge in [0.25, 0.3) is 0 Å². The maximum absolute atomic E-state index is 5.24. The van der Waals surface area contributed by atoms with E-state index in [9.17, 15) is 0 Å². The summed E-state index contributed by atoms with van der Waals surface area (Å²) >= 11 is 0. The normalized spacial score (nSPS) is 11.0. The number of aromatic nitrogens is 3. The van der Waals surface area contributed by atoms with Crippen molar-refractivity contribution in [2.75, 3.05) is 13.1 Å². The van der Waals surface area contributed by atoms with Crippen molar-refractivity contribution in [2.45, 2.75) is 13.5 Å². The summed E-state index contributed by atoms with van der Waals surface area (Å²) in [5, 5.41) is 12.9. The third kappa shape index (κ3) is 4.35. The molecule has 0 fully saturated rings. The minimum atomic E-state index is 0.448. The molecule has 0 radical (unpaired) electrons. The smallest absolute Gasteiger partial charge is 0.192 e. The van der Waals surface area contributed by atoms with Gasteiger partial charge in [0.15, 0.2) is 11.8 Å². The van der Waals surface area contributed by atoms with E-state index < -0.39 is 0 Å². The van der Waals surface area contributed by atoms with Crippen molar-refractivity contribution in [1.82, 2.24) is 25.8 Å². The van der Waals surface area contributed by atoms with Crippen LogP contribution in [0.15, 0.2) is 35.6 Å². The lowest BCUT2D eigenvalue weighted by Crippen LogP contribution is -2.37. The molecule has 0 saturated heterocycles. The number of hydrogen-bond acceptors (Lipinski definition) is 3. The molecule has 0 saturated carbocycles. The molecule has 1 aromatic carbocycles. The van der Waals surface area contributed by atoms with Crippen LogP contribution in [0.4, 0.5) is 0 Å². The summed E-state index contributed by atoms with van der Waals surface area (Å²) in [6, 6.07) is 8.02. The van der Waals surface area contributed by atoms with Gasteiger partial charge in [-0.15, -0.1) is 6.42 Å². The zero-order chi connectivity index (χ0) is 14.9. The second-order valence-electron chi connectivity index (χ2n) is 4.29. The first kappa shape index (κ1) is 14.6. The van der Waals surface area contributed by atoms with Gasteiger partial charge in [-0.25, -0.2) is 9.98 Å². The van der Waals surface area contributed by atoms with Crippen LogP contribution in [0.1, 0.15) is 12.5 Å². The topological polar surface area (TPSA) is 78.0 Å². The van der Waals surface area contributed by atoms with Crippen molar-refractivity contribution in [3.63, 3.8) is 0 Å². The highest BCUT2D eigenvalue weighted by atomic mass is 15.2. The highest BCUT2D eigenvalue weighted by molar-refractivity contribution is 5.80. The minimum absolute atomic E-state index is 0.448. The van der Waals surface area contributed by atoms with Gasteiger partial charge < -0.3 is 10.6 Å². The van der Waals surface area contributed by atoms with Gasteiger partial charge in [0.1, 0.15) is 6.33 Å². The molecule has 1 heterocycles. The lowest BCUT2D eigenvalue weighted by Gasteiger charge is -2.09. The molecule has 0 unspecified atom stereocenters. The highest BCUT2D eigenvalue weighted by Crippen LogP contribution is 2.15. The van der Waals surface area contributed by atoms with Gasteiger partial charge in [-0.3, -0.25) is 5.10 Å². The van der Waals surface area contributed by atoms with E-state index in [1.54, 1.807) is 0 Å². The second-order valence-corrected chi connectivity index (χ2v) is 4.29. The molecular formula is C15H18N6. The van der Waals surface area contributed by atoms with Crippen LogP contribution in [-0.4, -0.2) is 34.2 Å². The number of terminal acetylenes is 1. The Balaban J connectivity index is 2.08. The number of guanidine groups is 1. The predicted octanol–water partition coefficient (Wildman–Crippen LogP) is 1.16. The van der Waals surface area contributed by atoms with Crippen LogP contribution >= 0.6 is 0 Å². The van der Waals surface area contributed by atoms with Gasteiger partial charge in [0, 0.05) is 12.1 Å². The molecule has 6 nitrogen and oxygen atoms in total. The molecule has 0 aliphatic carbocycles. The van der Waals surface area contributed by atoms with Crippen molar-refractivity contribution in [3.05, 3.63) is 36.2 Å². The van der Waals surface area contributed by atoms with Crippen molar-refractivity contribution in [1.29, 1.82) is 0 Å². The highest BCUT2D eigenvalue weighted by Gasteiger charge is 2.02. The predicted molar refractivity (Wildman–Crippen MR) is 83.5 cm³/mol. The second kappa shape index (κ2) is 7.70. The van der Waals surface area contributed by atoms with E-state index in [4.69, 9.17) is 6.42 Å². The molecule has 2 rings (SSSR count). The van der Waals surface area contributed by atoms with E-state index in [2.05, 4.69) is 36.7 Å². The summed E-state index contributed by atoms with van der Waals surface area (Å²) in [6.07, 6.45) is 6.74. The Bertz CT molecular complexity index is 624. The SMILES string of the molecule is C#CCNC(=NCc1cccc(-c2ncn[nH]2)c1)NCC. The molecule has 0 bridgehead atoms. The van der Waals surface area contributed by atoms with E-state index in [-0.39, 0.29) is 0 Å². The molecule has 6 heteroatoms. The molecule has 21 heavy (non-hydrogen) atoms. The van der Waals surface area contributed by atoms with E-state index in [0.29, 0.717) is 19.0 Å². The summed E-state index contributed by atoms with van der Waals surface area (Å²) in [5.41, 5.74) is 2.07. The van der Waals surface area contributed by atoms with Crippen molar-refractivity contribution in [3.8, 4) is 23.7 Å².